The van der Waals surface area contributed by atoms with E-state index in [0.717, 1.165) is 31.5 Å². The van der Waals surface area contributed by atoms with Crippen LogP contribution in [-0.4, -0.2) is 55.4 Å². The smallest absolute Gasteiger partial charge is 0.254 e. The molecule has 1 aliphatic heterocycles. The highest BCUT2D eigenvalue weighted by molar-refractivity contribution is 6.31. The average molecular weight is 510 g/mol. The number of pyridine rings is 1. The highest BCUT2D eigenvalue weighted by atomic mass is 35.5. The summed E-state index contributed by atoms with van der Waals surface area (Å²) in [5.41, 5.74) is 1.86. The number of likely N-dealkylation sites (tertiary alicyclic amines) is 1. The monoisotopic (exact) mass is 509 g/mol. The standard InChI is InChI=1S/C28H32ClN3O4/c1-4-20(33)13-19-5-6-21(14-24(19)29)36-26-7-10-31-25-16-27(23(15-22(25)26)28(34)30-2)35-17-18-8-11-32(3)12-9-18/h5-7,10,14-16,18H,4,8-9,11-13,17H2,1-3H3,(H,30,34). The highest BCUT2D eigenvalue weighted by Crippen LogP contribution is 2.35. The number of nitrogens with one attached hydrogen (secondary N) is 1. The van der Waals surface area contributed by atoms with Crippen LogP contribution in [0.15, 0.2) is 42.6 Å². The Hall–Kier alpha value is -3.16. The molecule has 0 atom stereocenters. The zero-order valence-electron chi connectivity index (χ0n) is 21.0. The van der Waals surface area contributed by atoms with Crippen molar-refractivity contribution in [3.8, 4) is 17.2 Å². The third-order valence-electron chi connectivity index (χ3n) is 6.62. The van der Waals surface area contributed by atoms with Gasteiger partial charge in [-0.05, 0) is 68.7 Å². The predicted molar refractivity (Wildman–Crippen MR) is 141 cm³/mol. The van der Waals surface area contributed by atoms with Gasteiger partial charge in [-0.2, -0.15) is 0 Å². The number of aromatic nitrogens is 1. The quantitative estimate of drug-likeness (QED) is 0.422. The van der Waals surface area contributed by atoms with E-state index < -0.39 is 0 Å². The molecule has 7 nitrogen and oxygen atoms in total. The van der Waals surface area contributed by atoms with Gasteiger partial charge < -0.3 is 19.7 Å². The second-order valence-corrected chi connectivity index (χ2v) is 9.64. The van der Waals surface area contributed by atoms with E-state index in [2.05, 4.69) is 22.2 Å². The van der Waals surface area contributed by atoms with Gasteiger partial charge in [0.1, 0.15) is 23.0 Å². The molecule has 2 aromatic carbocycles. The minimum Gasteiger partial charge on any atom is -0.492 e. The van der Waals surface area contributed by atoms with Crippen molar-refractivity contribution in [3.05, 3.63) is 58.7 Å². The SMILES string of the molecule is CCC(=O)Cc1ccc(Oc2ccnc3cc(OCC4CCN(C)CC4)c(C(=O)NC)cc23)cc1Cl. The number of fused-ring (bicyclic) bond motifs is 1. The van der Waals surface area contributed by atoms with Crippen LogP contribution in [0.3, 0.4) is 0 Å². The van der Waals surface area contributed by atoms with Crippen LogP contribution in [0.4, 0.5) is 0 Å². The Balaban J connectivity index is 1.60. The van der Waals surface area contributed by atoms with Crippen LogP contribution in [0.2, 0.25) is 5.02 Å². The Morgan fingerprint density at radius 3 is 2.61 bits per heavy atom. The van der Waals surface area contributed by atoms with E-state index in [9.17, 15) is 9.59 Å². The summed E-state index contributed by atoms with van der Waals surface area (Å²) in [4.78, 5) is 31.3. The van der Waals surface area contributed by atoms with Crippen LogP contribution < -0.4 is 14.8 Å². The van der Waals surface area contributed by atoms with Gasteiger partial charge in [0.15, 0.2) is 0 Å². The summed E-state index contributed by atoms with van der Waals surface area (Å²) in [5, 5.41) is 3.86. The molecule has 190 valence electrons. The third-order valence-corrected chi connectivity index (χ3v) is 6.97. The second kappa shape index (κ2) is 11.7. The van der Waals surface area contributed by atoms with Gasteiger partial charge in [0.25, 0.3) is 5.91 Å². The number of hydrogen-bond acceptors (Lipinski definition) is 6. The summed E-state index contributed by atoms with van der Waals surface area (Å²) in [6.07, 6.45) is 4.57. The van der Waals surface area contributed by atoms with E-state index in [-0.39, 0.29) is 11.7 Å². The average Bonchev–Trinajstić information content (AvgIpc) is 2.89. The summed E-state index contributed by atoms with van der Waals surface area (Å²) < 4.78 is 12.3. The first-order valence-corrected chi connectivity index (χ1v) is 12.7. The maximum Gasteiger partial charge on any atom is 0.254 e. The minimum absolute atomic E-state index is 0.126. The lowest BCUT2D eigenvalue weighted by Gasteiger charge is -2.29. The fourth-order valence-electron chi connectivity index (χ4n) is 4.30. The van der Waals surface area contributed by atoms with Gasteiger partial charge in [-0.3, -0.25) is 14.6 Å². The summed E-state index contributed by atoms with van der Waals surface area (Å²) in [7, 11) is 3.73. The first kappa shape index (κ1) is 25.9. The molecule has 0 saturated carbocycles. The maximum atomic E-state index is 12.7. The van der Waals surface area contributed by atoms with E-state index >= 15 is 0 Å². The van der Waals surface area contributed by atoms with Gasteiger partial charge in [0.05, 0.1) is 17.7 Å². The number of amides is 1. The van der Waals surface area contributed by atoms with Crippen LogP contribution in [0.5, 0.6) is 17.2 Å². The van der Waals surface area contributed by atoms with Crippen molar-refractivity contribution in [2.75, 3.05) is 33.8 Å². The number of benzene rings is 2. The van der Waals surface area contributed by atoms with Gasteiger partial charge >= 0.3 is 0 Å². The summed E-state index contributed by atoms with van der Waals surface area (Å²) in [6, 6.07) is 10.6. The molecule has 4 rings (SSSR count). The number of nitrogens with zero attached hydrogens (tertiary/aromatic N) is 2. The summed E-state index contributed by atoms with van der Waals surface area (Å²) in [6.45, 7) is 4.50. The van der Waals surface area contributed by atoms with Gasteiger partial charge in [-0.25, -0.2) is 0 Å². The van der Waals surface area contributed by atoms with Crippen molar-refractivity contribution in [1.29, 1.82) is 0 Å². The van der Waals surface area contributed by atoms with Crippen molar-refractivity contribution >= 4 is 34.2 Å². The normalized spacial score (nSPS) is 14.6. The first-order valence-electron chi connectivity index (χ1n) is 12.3. The number of hydrogen-bond donors (Lipinski definition) is 1. The molecule has 2 heterocycles. The molecule has 1 aromatic heterocycles. The van der Waals surface area contributed by atoms with Crippen molar-refractivity contribution in [3.63, 3.8) is 0 Å². The topological polar surface area (TPSA) is 80.8 Å². The fraction of sp³-hybridized carbons (Fsp3) is 0.393. The molecule has 0 bridgehead atoms. The molecule has 1 N–H and O–H groups in total. The molecule has 3 aromatic rings. The Morgan fingerprint density at radius 1 is 1.14 bits per heavy atom. The summed E-state index contributed by atoms with van der Waals surface area (Å²) in [5.74, 6) is 1.93. The van der Waals surface area contributed by atoms with E-state index in [1.54, 1.807) is 49.6 Å². The number of Topliss-reactive ketones (excluding diaryl/α,β-unsaturated/α-hetero) is 1. The number of carbonyl (C=O) groups excluding carboxylic acids is 2. The molecular formula is C28H32ClN3O4. The molecule has 1 aliphatic rings. The van der Waals surface area contributed by atoms with Gasteiger partial charge in [0.2, 0.25) is 0 Å². The number of halogens is 1. The molecule has 0 spiro atoms. The largest absolute Gasteiger partial charge is 0.492 e. The van der Waals surface area contributed by atoms with Crippen molar-refractivity contribution in [2.45, 2.75) is 32.6 Å². The maximum absolute atomic E-state index is 12.7. The second-order valence-electron chi connectivity index (χ2n) is 9.24. The van der Waals surface area contributed by atoms with Gasteiger partial charge in [0, 0.05) is 42.6 Å². The van der Waals surface area contributed by atoms with Crippen LogP contribution in [0, 0.1) is 5.92 Å². The molecule has 1 saturated heterocycles. The minimum atomic E-state index is -0.238. The predicted octanol–water partition coefficient (Wildman–Crippen LogP) is 5.28. The van der Waals surface area contributed by atoms with E-state index in [0.29, 0.717) is 64.1 Å². The lowest BCUT2D eigenvalue weighted by Crippen LogP contribution is -2.32. The molecular weight excluding hydrogens is 478 g/mol. The number of rotatable bonds is 9. The highest BCUT2D eigenvalue weighted by Gasteiger charge is 2.20. The fourth-order valence-corrected chi connectivity index (χ4v) is 4.54. The van der Waals surface area contributed by atoms with Gasteiger partial charge in [-0.1, -0.05) is 24.6 Å². The molecule has 0 radical (unpaired) electrons. The van der Waals surface area contributed by atoms with Gasteiger partial charge in [-0.15, -0.1) is 0 Å². The number of ketones is 1. The van der Waals surface area contributed by atoms with Crippen LogP contribution >= 0.6 is 11.6 Å². The Labute approximate surface area is 216 Å². The van der Waals surface area contributed by atoms with Crippen molar-refractivity contribution in [2.24, 2.45) is 5.92 Å². The molecule has 0 aliphatic carbocycles. The lowest BCUT2D eigenvalue weighted by atomic mass is 9.98. The molecule has 36 heavy (non-hydrogen) atoms. The lowest BCUT2D eigenvalue weighted by molar-refractivity contribution is -0.118. The first-order chi connectivity index (χ1) is 17.4. The zero-order chi connectivity index (χ0) is 25.7. The van der Waals surface area contributed by atoms with Crippen LogP contribution in [0.1, 0.15) is 42.1 Å². The van der Waals surface area contributed by atoms with E-state index in [1.165, 1.54) is 0 Å². The zero-order valence-corrected chi connectivity index (χ0v) is 21.7. The number of ether oxygens (including phenoxy) is 2. The third kappa shape index (κ3) is 6.15. The Morgan fingerprint density at radius 2 is 1.92 bits per heavy atom. The van der Waals surface area contributed by atoms with Crippen LogP contribution in [0.25, 0.3) is 10.9 Å². The molecule has 1 amide bonds. The number of carbonyl (C=O) groups is 2. The Bertz CT molecular complexity index is 1260. The molecule has 1 fully saturated rings. The number of piperidine rings is 1. The van der Waals surface area contributed by atoms with E-state index in [1.807, 2.05) is 6.92 Å². The Kier molecular flexibility index (Phi) is 8.44. The molecule has 0 unspecified atom stereocenters. The van der Waals surface area contributed by atoms with Crippen molar-refractivity contribution < 1.29 is 19.1 Å². The van der Waals surface area contributed by atoms with Crippen molar-refractivity contribution in [1.82, 2.24) is 15.2 Å². The van der Waals surface area contributed by atoms with Crippen LogP contribution in [-0.2, 0) is 11.2 Å². The van der Waals surface area contributed by atoms with E-state index in [4.69, 9.17) is 21.1 Å². The molecule has 8 heteroatoms. The summed E-state index contributed by atoms with van der Waals surface area (Å²) >= 11 is 6.41.